The van der Waals surface area contributed by atoms with Crippen molar-refractivity contribution in [3.05, 3.63) is 86.7 Å². The molecule has 8 aromatic heterocycles. The van der Waals surface area contributed by atoms with E-state index >= 15 is 0 Å². The summed E-state index contributed by atoms with van der Waals surface area (Å²) < 4.78 is 129. The summed E-state index contributed by atoms with van der Waals surface area (Å²) in [6.45, 7) is -3.78. The Morgan fingerprint density at radius 1 is 0.431 bits per heavy atom. The molecule has 130 heavy (non-hydrogen) atoms. The van der Waals surface area contributed by atoms with Gasteiger partial charge in [0.2, 0.25) is 59.0 Å². The number of nitrogens with zero attached hydrogens (tertiary/aromatic N) is 13. The molecule has 4 aliphatic rings. The molecule has 12 heterocycles. The highest BCUT2D eigenvalue weighted by atomic mass is 19.4. The summed E-state index contributed by atoms with van der Waals surface area (Å²) in [6, 6.07) is 8.52. The van der Waals surface area contributed by atoms with Crippen molar-refractivity contribution in [3.63, 3.8) is 0 Å². The number of imidazole rings is 4. The van der Waals surface area contributed by atoms with Gasteiger partial charge >= 0.3 is 12.4 Å². The van der Waals surface area contributed by atoms with Crippen LogP contribution in [0, 0.1) is 0 Å². The normalized spacial score (nSPS) is 23.0. The lowest BCUT2D eigenvalue weighted by Gasteiger charge is -2.22. The number of para-hydroxylation sites is 1. The number of hydrogen-bond donors (Lipinski definition) is 22. The van der Waals surface area contributed by atoms with E-state index in [0.717, 1.165) is 6.33 Å². The SMILES string of the molecule is NCCNC(=O)CO[C@H]1C(O)[C@@H](CO)O[C@H]1n1cnc2c(=O)[nH]c(N)nc21.NCCNC(=O)CO[C@H]1C(O)[C@@H](CO)O[C@H]1n1cnc2c(N)nc(N)nc21.Nc1nc2c(ncn2[C@@H]2O[C@H](CO)C(O)[C@@H]2OCC(=O)NCCCC(=O)C(F)(F)F)c(=O)[nH]1.O=C(CO[C@H]1C(O)[C@@H](CO)O[C@H]1n1cnc2c(=O)[nH]c(NC(=O)COc3ccccc3)nc21)NCCCC(=O)C(F)(F)F. The maximum atomic E-state index is 12.6. The van der Waals surface area contributed by atoms with Crippen molar-refractivity contribution in [3.8, 4) is 5.75 Å². The fourth-order valence-electron chi connectivity index (χ4n) is 13.1. The first kappa shape index (κ1) is 99.5. The second kappa shape index (κ2) is 45.1. The third kappa shape index (κ3) is 24.9. The van der Waals surface area contributed by atoms with Gasteiger partial charge in [-0.3, -0.25) is 86.5 Å². The number of nitrogen functional groups attached to an aromatic ring is 4. The zero-order chi connectivity index (χ0) is 94.6. The van der Waals surface area contributed by atoms with Crippen molar-refractivity contribution in [2.45, 2.75) is 136 Å². The van der Waals surface area contributed by atoms with E-state index < -0.39 is 227 Å². The maximum Gasteiger partial charge on any atom is 0.449 e. The molecule has 0 radical (unpaired) electrons. The third-order valence-corrected chi connectivity index (χ3v) is 19.2. The van der Waals surface area contributed by atoms with E-state index in [0.29, 0.717) is 24.4 Å². The van der Waals surface area contributed by atoms with Crippen LogP contribution in [-0.2, 0) is 71.5 Å². The van der Waals surface area contributed by atoms with E-state index in [1.165, 1.54) is 37.3 Å². The van der Waals surface area contributed by atoms with Crippen LogP contribution in [-0.4, -0.2) is 344 Å². The standard InChI is InChI=1S/C25H27F3N6O9.C17H21F3N6O7.C14H22N8O5.C14H21N7O6/c26-25(27,28)15(36)7-4-8-29-16(37)10-42-20-19(39)14(9-35)43-23(20)34-12-30-18-21(34)32-24(33-22(18)40)31-17(38)11-41-13-5-2-1-3-6-13;18-17(19,20)8(28)2-1-3-22-9(29)5-32-12-11(30)7(4-27)33-15(12)26-6-23-10-13(26)24-16(21)25-14(10)31;15-1-2-18-7(24)4-26-10-9(25)6(3-23)27-13(10)22-5-19-8-11(16)20-14(17)21-12(8)22;15-1-2-17-7(23)4-26-10-9(24)6(3-22)27-13(10)21-5-18-8-11(21)19-14(16)20-12(8)25/h1-3,5-6,12,14,19-20,23,35,39H,4,7-11H2,(H,29,37)(H2,31,32,33,38,40);6-7,11-12,15,27,30H,1-5H2,(H,22,29)(H3,21,24,25,31);5-6,9-10,13,23,25H,1-4,15H2,(H,18,24)(H4,16,17,20,21);5-6,9-10,13,22,24H,1-4,15H2,(H,17,23)(H3,16,19,20,25)/t14-,19?,20+,23-;7-,11?,12+,15-;2*6-,9?,10+,13-/m1111/s1. The number of carbonyl (C=O) groups excluding carboxylic acids is 7. The second-order valence-corrected chi connectivity index (χ2v) is 28.3. The Morgan fingerprint density at radius 3 is 1.09 bits per heavy atom. The van der Waals surface area contributed by atoms with Crippen LogP contribution in [0.5, 0.6) is 5.75 Å². The first-order chi connectivity index (χ1) is 61.9. The van der Waals surface area contributed by atoms with Crippen LogP contribution in [0.25, 0.3) is 44.7 Å². The van der Waals surface area contributed by atoms with Crippen molar-refractivity contribution in [1.29, 1.82) is 0 Å². The van der Waals surface area contributed by atoms with Crippen LogP contribution in [0.15, 0.2) is 70.0 Å². The van der Waals surface area contributed by atoms with Gasteiger partial charge in [-0.25, -0.2) is 19.9 Å². The molecule has 60 heteroatoms. The van der Waals surface area contributed by atoms with E-state index in [1.54, 1.807) is 30.3 Å². The van der Waals surface area contributed by atoms with Crippen LogP contribution < -0.4 is 82.4 Å². The van der Waals surface area contributed by atoms with Gasteiger partial charge in [-0.15, -0.1) is 0 Å². The number of ketones is 2. The fourth-order valence-corrected chi connectivity index (χ4v) is 13.1. The molecule has 4 unspecified atom stereocenters. The molecule has 13 rings (SSSR count). The number of ether oxygens (including phenoxy) is 9. The molecular weight excluding hydrogens is 1760 g/mol. The number of Topliss-reactive ketones (excluding diaryl/α,β-unsaturated/α-hetero) is 2. The highest BCUT2D eigenvalue weighted by Crippen LogP contribution is 2.38. The summed E-state index contributed by atoms with van der Waals surface area (Å²) in [4.78, 5) is 162. The molecule has 4 fully saturated rings. The van der Waals surface area contributed by atoms with Crippen LogP contribution >= 0.6 is 0 Å². The Balaban J connectivity index is 0.000000184. The number of alkyl halides is 6. The van der Waals surface area contributed by atoms with Gasteiger partial charge in [0.15, 0.2) is 76.5 Å². The molecule has 54 nitrogen and oxygen atoms in total. The molecule has 0 spiro atoms. The number of carbonyl (C=O) groups is 7. The maximum absolute atomic E-state index is 12.6. The van der Waals surface area contributed by atoms with E-state index in [9.17, 15) is 115 Å². The van der Waals surface area contributed by atoms with Gasteiger partial charge in [0.05, 0.1) is 51.7 Å². The molecule has 9 aromatic rings. The number of H-pyrrole nitrogens is 3. The van der Waals surface area contributed by atoms with Gasteiger partial charge in [0.25, 0.3) is 22.6 Å². The zero-order valence-corrected chi connectivity index (χ0v) is 67.7. The summed E-state index contributed by atoms with van der Waals surface area (Å²) in [6.07, 6.45) is -25.1. The average Bonchev–Trinajstić information content (AvgIpc) is 1.62. The molecule has 5 amide bonds. The van der Waals surface area contributed by atoms with E-state index in [1.807, 2.05) is 0 Å². The van der Waals surface area contributed by atoms with Gasteiger partial charge in [0, 0.05) is 52.1 Å². The predicted molar refractivity (Wildman–Crippen MR) is 426 cm³/mol. The minimum absolute atomic E-state index is 0.0134. The summed E-state index contributed by atoms with van der Waals surface area (Å²) in [7, 11) is 0. The molecule has 1 aromatic carbocycles. The largest absolute Gasteiger partial charge is 0.484 e. The van der Waals surface area contributed by atoms with Crippen LogP contribution in [0.1, 0.15) is 50.6 Å². The topological polar surface area (TPSA) is 815 Å². The molecule has 4 saturated heterocycles. The van der Waals surface area contributed by atoms with Gasteiger partial charge in [-0.2, -0.15) is 51.3 Å². The van der Waals surface area contributed by atoms with Gasteiger partial charge in [-0.05, 0) is 25.0 Å². The molecule has 0 bridgehead atoms. The summed E-state index contributed by atoms with van der Waals surface area (Å²) in [5.41, 5.74) is 31.8. The molecule has 4 aliphatic heterocycles. The van der Waals surface area contributed by atoms with Gasteiger partial charge in [0.1, 0.15) is 111 Å². The van der Waals surface area contributed by atoms with Crippen LogP contribution in [0.2, 0.25) is 0 Å². The number of aromatic nitrogens is 16. The summed E-state index contributed by atoms with van der Waals surface area (Å²) in [5.74, 6) is -6.84. The quantitative estimate of drug-likeness (QED) is 0.0128. The molecular formula is C70H91F6N27O27. The lowest BCUT2D eigenvalue weighted by Crippen LogP contribution is -2.39. The molecule has 710 valence electrons. The molecule has 28 N–H and O–H groups in total. The number of aromatic amines is 3. The van der Waals surface area contributed by atoms with Crippen LogP contribution in [0.3, 0.4) is 0 Å². The fraction of sp³-hybridized carbons (Fsp3) is 0.529. The number of amides is 5. The van der Waals surface area contributed by atoms with Gasteiger partial charge in [-0.1, -0.05) is 18.2 Å². The lowest BCUT2D eigenvalue weighted by molar-refractivity contribution is -0.171. The number of rotatable bonds is 36. The van der Waals surface area contributed by atoms with Crippen molar-refractivity contribution in [2.24, 2.45) is 11.5 Å². The second-order valence-electron chi connectivity index (χ2n) is 28.3. The number of anilines is 5. The average molecular weight is 1860 g/mol. The monoisotopic (exact) mass is 1860 g/mol. The van der Waals surface area contributed by atoms with Gasteiger partial charge < -0.3 is 139 Å². The summed E-state index contributed by atoms with van der Waals surface area (Å²) >= 11 is 0. The zero-order valence-electron chi connectivity index (χ0n) is 67.7. The Bertz CT molecular complexity index is 5570. The molecule has 16 atom stereocenters. The van der Waals surface area contributed by atoms with Crippen molar-refractivity contribution in [2.75, 3.05) is 127 Å². The first-order valence-corrected chi connectivity index (χ1v) is 39.0. The number of hydrogen-bond acceptors (Lipinski definition) is 42. The van der Waals surface area contributed by atoms with Crippen LogP contribution in [0.4, 0.5) is 56.0 Å². The molecule has 0 aliphatic carbocycles. The van der Waals surface area contributed by atoms with Crippen molar-refractivity contribution < 1.29 is 143 Å². The Labute approximate surface area is 723 Å². The minimum Gasteiger partial charge on any atom is -0.484 e. The van der Waals surface area contributed by atoms with Crippen molar-refractivity contribution in [1.82, 2.24) is 99.3 Å². The summed E-state index contributed by atoms with van der Waals surface area (Å²) in [5, 5.41) is 91.9. The highest BCUT2D eigenvalue weighted by Gasteiger charge is 2.51. The first-order valence-electron chi connectivity index (χ1n) is 39.0. The number of halogens is 6. The number of nitrogens with two attached hydrogens (primary N) is 6. The number of nitrogens with one attached hydrogen (secondary N) is 8. The number of fused-ring (bicyclic) bond motifs is 4. The van der Waals surface area contributed by atoms with E-state index in [-0.39, 0.29) is 121 Å². The van der Waals surface area contributed by atoms with Crippen molar-refractivity contribution >= 4 is 115 Å². The smallest absolute Gasteiger partial charge is 0.449 e. The highest BCUT2D eigenvalue weighted by molar-refractivity contribution is 5.91. The minimum atomic E-state index is -4.95. The molecule has 0 saturated carbocycles. The Kier molecular flexibility index (Phi) is 34.5. The number of benzene rings is 1. The Morgan fingerprint density at radius 2 is 0.754 bits per heavy atom. The predicted octanol–water partition coefficient (Wildman–Crippen LogP) is -8.72. The van der Waals surface area contributed by atoms with E-state index in [4.69, 9.17) is 77.0 Å². The number of aliphatic hydroxyl groups excluding tert-OH is 8. The Hall–Kier alpha value is -12.6. The number of aliphatic hydroxyl groups is 8. The lowest BCUT2D eigenvalue weighted by atomic mass is 10.1. The van der Waals surface area contributed by atoms with E-state index in [2.05, 4.69) is 86.4 Å². The third-order valence-electron chi connectivity index (χ3n) is 19.2.